The van der Waals surface area contributed by atoms with E-state index in [0.29, 0.717) is 11.7 Å². The van der Waals surface area contributed by atoms with Crippen molar-refractivity contribution in [3.8, 4) is 10.7 Å². The van der Waals surface area contributed by atoms with Crippen LogP contribution in [0.2, 0.25) is 0 Å². The second-order valence-electron chi connectivity index (χ2n) is 4.09. The summed E-state index contributed by atoms with van der Waals surface area (Å²) in [7, 11) is 0. The predicted octanol–water partition coefficient (Wildman–Crippen LogP) is 4.31. The molecule has 2 N–H and O–H groups in total. The molecular weight excluding hydrogens is 338 g/mol. The summed E-state index contributed by atoms with van der Waals surface area (Å²) < 4.78 is 6.21. The van der Waals surface area contributed by atoms with Crippen molar-refractivity contribution in [2.24, 2.45) is 0 Å². The fourth-order valence-corrected chi connectivity index (χ4v) is 3.02. The van der Waals surface area contributed by atoms with Crippen molar-refractivity contribution in [1.29, 1.82) is 0 Å². The summed E-state index contributed by atoms with van der Waals surface area (Å²) in [5.74, 6) is 1.06. The van der Waals surface area contributed by atoms with E-state index in [1.165, 1.54) is 0 Å². The summed E-state index contributed by atoms with van der Waals surface area (Å²) in [6.07, 6.45) is 3.66. The highest BCUT2D eigenvalue weighted by Crippen LogP contribution is 2.27. The van der Waals surface area contributed by atoms with Crippen LogP contribution in [-0.2, 0) is 0 Å². The summed E-state index contributed by atoms with van der Waals surface area (Å²) in [5, 5.41) is 5.94. The molecule has 3 rings (SSSR count). The maximum atomic E-state index is 5.72. The number of rotatable bonds is 3. The summed E-state index contributed by atoms with van der Waals surface area (Å²) in [5.41, 5.74) is 7.43. The molecule has 100 valence electrons. The van der Waals surface area contributed by atoms with Crippen molar-refractivity contribution in [3.05, 3.63) is 51.6 Å². The molecule has 0 fully saturated rings. The first-order chi connectivity index (χ1) is 9.70. The van der Waals surface area contributed by atoms with Gasteiger partial charge < -0.3 is 10.3 Å². The van der Waals surface area contributed by atoms with Crippen LogP contribution in [0.3, 0.4) is 0 Å². The Morgan fingerprint density at radius 3 is 2.90 bits per heavy atom. The number of nitrogens with zero attached hydrogens (tertiary/aromatic N) is 2. The molecule has 0 atom stereocenters. The van der Waals surface area contributed by atoms with Crippen LogP contribution in [0.15, 0.2) is 44.7 Å². The van der Waals surface area contributed by atoms with E-state index in [9.17, 15) is 0 Å². The predicted molar refractivity (Wildman–Crippen MR) is 85.1 cm³/mol. The van der Waals surface area contributed by atoms with Gasteiger partial charge in [-0.1, -0.05) is 17.3 Å². The molecule has 20 heavy (non-hydrogen) atoms. The van der Waals surface area contributed by atoms with Gasteiger partial charge in [0.05, 0.1) is 4.88 Å². The molecule has 2 heterocycles. The van der Waals surface area contributed by atoms with Gasteiger partial charge in [-0.15, -0.1) is 11.3 Å². The third-order valence-electron chi connectivity index (χ3n) is 2.56. The van der Waals surface area contributed by atoms with Crippen LogP contribution < -0.4 is 5.73 Å². The Hall–Kier alpha value is -1.92. The van der Waals surface area contributed by atoms with E-state index in [1.807, 2.05) is 41.8 Å². The smallest absolute Gasteiger partial charge is 0.250 e. The van der Waals surface area contributed by atoms with Gasteiger partial charge in [-0.25, -0.2) is 0 Å². The molecule has 2 aromatic heterocycles. The zero-order valence-electron chi connectivity index (χ0n) is 10.3. The number of aromatic nitrogens is 2. The van der Waals surface area contributed by atoms with Gasteiger partial charge in [-0.2, -0.15) is 4.98 Å². The summed E-state index contributed by atoms with van der Waals surface area (Å²) in [4.78, 5) is 5.29. The number of hydrogen-bond donors (Lipinski definition) is 1. The van der Waals surface area contributed by atoms with E-state index in [1.54, 1.807) is 17.4 Å². The Morgan fingerprint density at radius 2 is 2.15 bits per heavy atom. The summed E-state index contributed by atoms with van der Waals surface area (Å²) >= 11 is 4.96. The minimum atomic E-state index is 0.465. The van der Waals surface area contributed by atoms with Gasteiger partial charge in [0, 0.05) is 21.6 Å². The molecule has 0 aliphatic carbocycles. The zero-order valence-corrected chi connectivity index (χ0v) is 12.7. The van der Waals surface area contributed by atoms with Crippen molar-refractivity contribution in [1.82, 2.24) is 10.1 Å². The lowest BCUT2D eigenvalue weighted by Gasteiger charge is -1.94. The van der Waals surface area contributed by atoms with Crippen molar-refractivity contribution in [2.75, 3.05) is 5.73 Å². The lowest BCUT2D eigenvalue weighted by molar-refractivity contribution is 0.411. The van der Waals surface area contributed by atoms with Gasteiger partial charge in [-0.05, 0) is 45.8 Å². The van der Waals surface area contributed by atoms with Crippen molar-refractivity contribution >= 4 is 45.1 Å². The minimum Gasteiger partial charge on any atom is -0.399 e. The van der Waals surface area contributed by atoms with E-state index in [4.69, 9.17) is 10.3 Å². The number of hydrogen-bond acceptors (Lipinski definition) is 5. The molecular formula is C14H10BrN3OS. The molecule has 0 aliphatic heterocycles. The van der Waals surface area contributed by atoms with Gasteiger partial charge in [0.25, 0.3) is 5.89 Å². The first-order valence-corrected chi connectivity index (χ1v) is 7.50. The van der Waals surface area contributed by atoms with E-state index in [2.05, 4.69) is 26.1 Å². The topological polar surface area (TPSA) is 64.9 Å². The largest absolute Gasteiger partial charge is 0.399 e. The van der Waals surface area contributed by atoms with Gasteiger partial charge in [-0.3, -0.25) is 0 Å². The minimum absolute atomic E-state index is 0.465. The van der Waals surface area contributed by atoms with Crippen LogP contribution in [0.4, 0.5) is 5.69 Å². The average Bonchev–Trinajstić information content (AvgIpc) is 3.05. The number of nitrogen functional groups attached to an aromatic ring is 1. The van der Waals surface area contributed by atoms with Gasteiger partial charge >= 0.3 is 0 Å². The lowest BCUT2D eigenvalue weighted by atomic mass is 10.2. The third kappa shape index (κ3) is 2.97. The fraction of sp³-hybridized carbons (Fsp3) is 0. The highest BCUT2D eigenvalue weighted by atomic mass is 79.9. The maximum absolute atomic E-state index is 5.72. The fourth-order valence-electron chi connectivity index (χ4n) is 1.66. The second-order valence-corrected chi connectivity index (χ2v) is 5.92. The number of nitrogens with two attached hydrogens (primary N) is 1. The SMILES string of the molecule is Nc1cccc(/C=C/c2nc(-c3cc(Br)cs3)no2)c1. The summed E-state index contributed by atoms with van der Waals surface area (Å²) in [6.45, 7) is 0. The van der Waals surface area contributed by atoms with Gasteiger partial charge in [0.15, 0.2) is 0 Å². The lowest BCUT2D eigenvalue weighted by Crippen LogP contribution is -1.83. The molecule has 6 heteroatoms. The van der Waals surface area contributed by atoms with Crippen LogP contribution in [0, 0.1) is 0 Å². The first kappa shape index (κ1) is 13.1. The van der Waals surface area contributed by atoms with Crippen LogP contribution in [0.25, 0.3) is 22.9 Å². The third-order valence-corrected chi connectivity index (χ3v) is 4.25. The van der Waals surface area contributed by atoms with Crippen molar-refractivity contribution in [2.45, 2.75) is 0 Å². The van der Waals surface area contributed by atoms with Crippen LogP contribution in [0.5, 0.6) is 0 Å². The highest BCUT2D eigenvalue weighted by Gasteiger charge is 2.08. The maximum Gasteiger partial charge on any atom is 0.250 e. The van der Waals surface area contributed by atoms with Gasteiger partial charge in [0.2, 0.25) is 5.82 Å². The van der Waals surface area contributed by atoms with E-state index < -0.39 is 0 Å². The first-order valence-electron chi connectivity index (χ1n) is 5.82. The van der Waals surface area contributed by atoms with E-state index in [-0.39, 0.29) is 0 Å². The zero-order chi connectivity index (χ0) is 13.9. The monoisotopic (exact) mass is 347 g/mol. The molecule has 4 nitrogen and oxygen atoms in total. The number of thiophene rings is 1. The molecule has 0 bridgehead atoms. The highest BCUT2D eigenvalue weighted by molar-refractivity contribution is 9.10. The van der Waals surface area contributed by atoms with E-state index >= 15 is 0 Å². The van der Waals surface area contributed by atoms with Crippen LogP contribution in [0.1, 0.15) is 11.5 Å². The molecule has 0 amide bonds. The van der Waals surface area contributed by atoms with Crippen LogP contribution >= 0.6 is 27.3 Å². The Kier molecular flexibility index (Phi) is 3.66. The molecule has 0 radical (unpaired) electrons. The van der Waals surface area contributed by atoms with Crippen LogP contribution in [-0.4, -0.2) is 10.1 Å². The Bertz CT molecular complexity index is 763. The number of anilines is 1. The molecule has 0 spiro atoms. The Morgan fingerprint density at radius 1 is 1.25 bits per heavy atom. The normalized spacial score (nSPS) is 11.2. The molecule has 0 aliphatic rings. The van der Waals surface area contributed by atoms with E-state index in [0.717, 1.165) is 20.6 Å². The Balaban J connectivity index is 1.80. The van der Waals surface area contributed by atoms with Crippen molar-refractivity contribution < 1.29 is 4.52 Å². The van der Waals surface area contributed by atoms with Gasteiger partial charge in [0.1, 0.15) is 0 Å². The summed E-state index contributed by atoms with van der Waals surface area (Å²) in [6, 6.07) is 9.54. The molecule has 0 unspecified atom stereocenters. The number of halogens is 1. The average molecular weight is 348 g/mol. The molecule has 1 aromatic carbocycles. The molecule has 0 saturated carbocycles. The number of benzene rings is 1. The molecule has 3 aromatic rings. The quantitative estimate of drug-likeness (QED) is 0.716. The standard InChI is InChI=1S/C14H10BrN3OS/c15-10-7-12(20-8-10)14-17-13(19-18-14)5-4-9-2-1-3-11(16)6-9/h1-8H,16H2/b5-4+. The second kappa shape index (κ2) is 5.60. The molecule has 0 saturated heterocycles. The van der Waals surface area contributed by atoms with Crippen molar-refractivity contribution in [3.63, 3.8) is 0 Å². The Labute approximate surface area is 128 Å².